The lowest BCUT2D eigenvalue weighted by Gasteiger charge is -2.47. The van der Waals surface area contributed by atoms with Gasteiger partial charge < -0.3 is 0 Å². The van der Waals surface area contributed by atoms with Crippen molar-refractivity contribution in [2.24, 2.45) is 5.41 Å². The van der Waals surface area contributed by atoms with E-state index in [2.05, 4.69) is 0 Å². The van der Waals surface area contributed by atoms with E-state index in [-0.39, 0.29) is 11.3 Å². The summed E-state index contributed by atoms with van der Waals surface area (Å²) in [6.07, 6.45) is -8.96. The van der Waals surface area contributed by atoms with Crippen molar-refractivity contribution in [2.45, 2.75) is 24.5 Å². The van der Waals surface area contributed by atoms with Crippen LogP contribution in [-0.2, 0) is 6.18 Å². The van der Waals surface area contributed by atoms with Gasteiger partial charge in [0.1, 0.15) is 0 Å². The molecule has 1 aliphatic heterocycles. The van der Waals surface area contributed by atoms with Crippen molar-refractivity contribution in [1.29, 1.82) is 0 Å². The molecule has 2 atom stereocenters. The maximum Gasteiger partial charge on any atom is 0.416 e. The molecule has 19 heavy (non-hydrogen) atoms. The monoisotopic (exact) mass is 300 g/mol. The Labute approximate surface area is 110 Å². The highest BCUT2D eigenvalue weighted by Crippen LogP contribution is 2.63. The molecule has 1 aromatic rings. The zero-order valence-electron chi connectivity index (χ0n) is 9.77. The number of halogens is 6. The molecular weight excluding hydrogens is 290 g/mol. The first-order chi connectivity index (χ1) is 8.56. The first-order valence-corrected chi connectivity index (χ1v) is 6.46. The lowest BCUT2D eigenvalue weighted by Crippen LogP contribution is -2.48. The number of hydrogen-bond acceptors (Lipinski definition) is 1. The van der Waals surface area contributed by atoms with Crippen molar-refractivity contribution in [1.82, 2.24) is 0 Å². The van der Waals surface area contributed by atoms with Crippen LogP contribution < -0.4 is 0 Å². The number of rotatable bonds is 1. The fourth-order valence-corrected chi connectivity index (χ4v) is 3.46. The van der Waals surface area contributed by atoms with E-state index in [1.54, 1.807) is 0 Å². The van der Waals surface area contributed by atoms with Crippen LogP contribution in [0.1, 0.15) is 23.3 Å². The number of benzene rings is 1. The molecule has 1 heterocycles. The Morgan fingerprint density at radius 2 is 1.79 bits per heavy atom. The largest absolute Gasteiger partial charge is 0.416 e. The van der Waals surface area contributed by atoms with Crippen LogP contribution in [-0.4, -0.2) is 11.9 Å². The van der Waals surface area contributed by atoms with Gasteiger partial charge in [-0.15, -0.1) is 0 Å². The minimum Gasteiger partial charge on any atom is -0.170 e. The second-order valence-corrected chi connectivity index (χ2v) is 5.82. The van der Waals surface area contributed by atoms with Crippen molar-refractivity contribution in [2.75, 3.05) is 5.75 Å². The Morgan fingerprint density at radius 3 is 2.21 bits per heavy atom. The topological polar surface area (TPSA) is 0 Å². The van der Waals surface area contributed by atoms with E-state index >= 15 is 0 Å². The molecule has 0 amide bonds. The SMILES string of the molecule is CC1(C(F)(F)F)CSC1c1cccc(C(F)(F)F)c1. The highest BCUT2D eigenvalue weighted by atomic mass is 32.2. The summed E-state index contributed by atoms with van der Waals surface area (Å²) >= 11 is 1.02. The van der Waals surface area contributed by atoms with E-state index in [4.69, 9.17) is 0 Å². The number of alkyl halides is 6. The molecule has 0 nitrogen and oxygen atoms in total. The van der Waals surface area contributed by atoms with E-state index in [9.17, 15) is 26.3 Å². The smallest absolute Gasteiger partial charge is 0.170 e. The Hall–Kier alpha value is -0.850. The fraction of sp³-hybridized carbons (Fsp3) is 0.500. The molecule has 7 heteroatoms. The second-order valence-electron chi connectivity index (χ2n) is 4.73. The molecule has 0 bridgehead atoms. The van der Waals surface area contributed by atoms with E-state index in [0.29, 0.717) is 0 Å². The van der Waals surface area contributed by atoms with E-state index < -0.39 is 28.6 Å². The van der Waals surface area contributed by atoms with Crippen LogP contribution in [0.5, 0.6) is 0 Å². The highest BCUT2D eigenvalue weighted by molar-refractivity contribution is 8.01. The van der Waals surface area contributed by atoms with Crippen molar-refractivity contribution in [3.63, 3.8) is 0 Å². The second kappa shape index (κ2) is 4.33. The predicted molar refractivity (Wildman–Crippen MR) is 60.8 cm³/mol. The zero-order valence-corrected chi connectivity index (χ0v) is 10.6. The Morgan fingerprint density at radius 1 is 1.16 bits per heavy atom. The molecule has 0 saturated carbocycles. The van der Waals surface area contributed by atoms with Gasteiger partial charge >= 0.3 is 12.4 Å². The molecule has 2 rings (SSSR count). The molecule has 2 unspecified atom stereocenters. The Kier molecular flexibility index (Phi) is 3.32. The van der Waals surface area contributed by atoms with Crippen LogP contribution in [0, 0.1) is 5.41 Å². The third kappa shape index (κ3) is 2.44. The minimum absolute atomic E-state index is 0.0749. The molecule has 1 aromatic carbocycles. The molecule has 1 fully saturated rings. The molecule has 1 saturated heterocycles. The van der Waals surface area contributed by atoms with Crippen molar-refractivity contribution in [3.05, 3.63) is 35.4 Å². The van der Waals surface area contributed by atoms with Gasteiger partial charge in [-0.1, -0.05) is 18.2 Å². The summed E-state index contributed by atoms with van der Waals surface area (Å²) < 4.78 is 76.4. The third-order valence-electron chi connectivity index (χ3n) is 3.29. The molecule has 0 aromatic heterocycles. The summed E-state index contributed by atoms with van der Waals surface area (Å²) in [5, 5.41) is -0.977. The normalized spacial score (nSPS) is 28.1. The van der Waals surface area contributed by atoms with Gasteiger partial charge in [0.05, 0.1) is 11.0 Å². The van der Waals surface area contributed by atoms with Gasteiger partial charge in [-0.25, -0.2) is 0 Å². The first-order valence-electron chi connectivity index (χ1n) is 5.41. The van der Waals surface area contributed by atoms with Crippen LogP contribution in [0.25, 0.3) is 0 Å². The summed E-state index contributed by atoms with van der Waals surface area (Å²) in [5.41, 5.74) is -2.80. The van der Waals surface area contributed by atoms with Gasteiger partial charge in [0.2, 0.25) is 0 Å². The molecule has 0 aliphatic carbocycles. The van der Waals surface area contributed by atoms with Crippen LogP contribution in [0.2, 0.25) is 0 Å². The maximum absolute atomic E-state index is 12.9. The van der Waals surface area contributed by atoms with Crippen LogP contribution in [0.3, 0.4) is 0 Å². The minimum atomic E-state index is -4.54. The van der Waals surface area contributed by atoms with Gasteiger partial charge in [0.15, 0.2) is 0 Å². The average Bonchev–Trinajstić information content (AvgIpc) is 2.24. The van der Waals surface area contributed by atoms with Crippen molar-refractivity contribution in [3.8, 4) is 0 Å². The predicted octanol–water partition coefficient (Wildman–Crippen LogP) is 5.06. The lowest BCUT2D eigenvalue weighted by molar-refractivity contribution is -0.215. The quantitative estimate of drug-likeness (QED) is 0.653. The van der Waals surface area contributed by atoms with Gasteiger partial charge in [0.25, 0.3) is 0 Å². The molecule has 1 aliphatic rings. The van der Waals surface area contributed by atoms with Gasteiger partial charge in [-0.3, -0.25) is 0 Å². The first kappa shape index (κ1) is 14.6. The van der Waals surface area contributed by atoms with Crippen molar-refractivity contribution >= 4 is 11.8 Å². The van der Waals surface area contributed by atoms with E-state index in [0.717, 1.165) is 36.9 Å². The number of hydrogen-bond donors (Lipinski definition) is 0. The highest BCUT2D eigenvalue weighted by Gasteiger charge is 2.62. The van der Waals surface area contributed by atoms with Crippen LogP contribution >= 0.6 is 11.8 Å². The number of thioether (sulfide) groups is 1. The Balaban J connectivity index is 2.34. The summed E-state index contributed by atoms with van der Waals surface area (Å²) in [7, 11) is 0. The maximum atomic E-state index is 12.9. The molecule has 106 valence electrons. The van der Waals surface area contributed by atoms with Crippen LogP contribution in [0.4, 0.5) is 26.3 Å². The summed E-state index contributed by atoms with van der Waals surface area (Å²) in [5.74, 6) is -0.128. The summed E-state index contributed by atoms with van der Waals surface area (Å²) in [4.78, 5) is 0. The van der Waals surface area contributed by atoms with Gasteiger partial charge in [-0.05, 0) is 18.6 Å². The fourth-order valence-electron chi connectivity index (χ4n) is 1.99. The molecular formula is C12H10F6S. The third-order valence-corrected chi connectivity index (χ3v) is 5.18. The van der Waals surface area contributed by atoms with Gasteiger partial charge in [0, 0.05) is 11.0 Å². The zero-order chi connectivity index (χ0) is 14.5. The Bertz CT molecular complexity index is 478. The summed E-state index contributed by atoms with van der Waals surface area (Å²) in [6, 6.07) is 4.13. The molecule has 0 N–H and O–H groups in total. The molecule has 0 spiro atoms. The molecule has 0 radical (unpaired) electrons. The summed E-state index contributed by atoms with van der Waals surface area (Å²) in [6.45, 7) is 1.05. The lowest BCUT2D eigenvalue weighted by atomic mass is 9.82. The van der Waals surface area contributed by atoms with Crippen molar-refractivity contribution < 1.29 is 26.3 Å². The average molecular weight is 300 g/mol. The van der Waals surface area contributed by atoms with Gasteiger partial charge in [-0.2, -0.15) is 38.1 Å². The van der Waals surface area contributed by atoms with E-state index in [1.165, 1.54) is 6.07 Å². The van der Waals surface area contributed by atoms with E-state index in [1.807, 2.05) is 0 Å². The standard InChI is InChI=1S/C12H10F6S/c1-10(12(16,17)18)6-19-9(10)7-3-2-4-8(5-7)11(13,14)15/h2-5,9H,6H2,1H3. The van der Waals surface area contributed by atoms with Crippen LogP contribution in [0.15, 0.2) is 24.3 Å².